The van der Waals surface area contributed by atoms with Crippen molar-refractivity contribution in [3.8, 4) is 11.3 Å². The van der Waals surface area contributed by atoms with E-state index in [1.54, 1.807) is 24.3 Å². The number of Topliss-reactive ketones (excluding diaryl/α,β-unsaturated/α-hetero) is 1. The molecule has 1 aromatic carbocycles. The van der Waals surface area contributed by atoms with Crippen molar-refractivity contribution >= 4 is 17.2 Å². The molecule has 0 aliphatic rings. The fourth-order valence-corrected chi connectivity index (χ4v) is 2.29. The summed E-state index contributed by atoms with van der Waals surface area (Å²) in [5.41, 5.74) is 7.91. The molecule has 4 N–H and O–H groups in total. The van der Waals surface area contributed by atoms with E-state index in [4.69, 9.17) is 10.2 Å². The van der Waals surface area contributed by atoms with Crippen LogP contribution in [0.5, 0.6) is 0 Å². The molecular weight excluding hydrogens is 284 g/mol. The smallest absolute Gasteiger partial charge is 0.194 e. The van der Waals surface area contributed by atoms with E-state index in [-0.39, 0.29) is 24.8 Å². The Morgan fingerprint density at radius 3 is 2.41 bits per heavy atom. The third-order valence-electron chi connectivity index (χ3n) is 3.32. The minimum atomic E-state index is -0.153. The molecule has 0 atom stereocenters. The summed E-state index contributed by atoms with van der Waals surface area (Å²) in [6.07, 6.45) is 0. The number of benzene rings is 1. The largest absolute Gasteiger partial charge is 0.453 e. The van der Waals surface area contributed by atoms with Crippen LogP contribution >= 0.6 is 0 Å². The number of carbonyl (C=O) groups is 1. The van der Waals surface area contributed by atoms with Crippen LogP contribution in [-0.4, -0.2) is 42.3 Å². The Balaban J connectivity index is 2.48. The third-order valence-corrected chi connectivity index (χ3v) is 3.32. The molecular formula is C16H20N2O4. The molecule has 0 aliphatic carbocycles. The molecule has 0 aliphatic heterocycles. The molecule has 0 saturated heterocycles. The Kier molecular flexibility index (Phi) is 5.19. The zero-order valence-electron chi connectivity index (χ0n) is 12.5. The van der Waals surface area contributed by atoms with E-state index >= 15 is 0 Å². The summed E-state index contributed by atoms with van der Waals surface area (Å²) in [6.45, 7) is 2.10. The van der Waals surface area contributed by atoms with Crippen LogP contribution in [0.1, 0.15) is 17.5 Å². The Morgan fingerprint density at radius 1 is 1.18 bits per heavy atom. The first-order chi connectivity index (χ1) is 10.6. The standard InChI is InChI=1S/C16H20N2O4/c1-11(21)15-4-5-16(22-15)13-10-12(17)2-3-14(13)18(6-8-19)7-9-20/h2-5,10,19-20H,6-9,17H2,1H3. The van der Waals surface area contributed by atoms with E-state index in [9.17, 15) is 15.0 Å². The average Bonchev–Trinajstić information content (AvgIpc) is 2.97. The molecule has 0 fully saturated rings. The number of hydrogen-bond acceptors (Lipinski definition) is 6. The number of aliphatic hydroxyl groups is 2. The number of anilines is 2. The van der Waals surface area contributed by atoms with E-state index in [0.29, 0.717) is 24.5 Å². The summed E-state index contributed by atoms with van der Waals surface area (Å²) in [4.78, 5) is 13.2. The van der Waals surface area contributed by atoms with Crippen molar-refractivity contribution in [1.82, 2.24) is 0 Å². The molecule has 22 heavy (non-hydrogen) atoms. The van der Waals surface area contributed by atoms with E-state index in [2.05, 4.69) is 0 Å². The zero-order valence-corrected chi connectivity index (χ0v) is 12.5. The van der Waals surface area contributed by atoms with Gasteiger partial charge in [0.2, 0.25) is 0 Å². The number of hydrogen-bond donors (Lipinski definition) is 3. The SMILES string of the molecule is CC(=O)c1ccc(-c2cc(N)ccc2N(CCO)CCO)o1. The lowest BCUT2D eigenvalue weighted by molar-refractivity contribution is 0.0988. The first-order valence-corrected chi connectivity index (χ1v) is 7.04. The van der Waals surface area contributed by atoms with Gasteiger partial charge in [-0.2, -0.15) is 0 Å². The molecule has 0 spiro atoms. The number of rotatable bonds is 7. The molecule has 0 unspecified atom stereocenters. The molecule has 0 radical (unpaired) electrons. The fraction of sp³-hybridized carbons (Fsp3) is 0.312. The second-order valence-corrected chi connectivity index (χ2v) is 4.93. The second-order valence-electron chi connectivity index (χ2n) is 4.93. The van der Waals surface area contributed by atoms with Crippen LogP contribution in [0.3, 0.4) is 0 Å². The lowest BCUT2D eigenvalue weighted by Gasteiger charge is -2.25. The van der Waals surface area contributed by atoms with Crippen LogP contribution in [0, 0.1) is 0 Å². The lowest BCUT2D eigenvalue weighted by Crippen LogP contribution is -2.30. The first kappa shape index (κ1) is 16.1. The molecule has 0 amide bonds. The molecule has 118 valence electrons. The van der Waals surface area contributed by atoms with E-state index in [1.165, 1.54) is 6.92 Å². The zero-order chi connectivity index (χ0) is 16.1. The van der Waals surface area contributed by atoms with Gasteiger partial charge in [0.15, 0.2) is 11.5 Å². The molecule has 2 rings (SSSR count). The predicted octanol–water partition coefficient (Wildman–Crippen LogP) is 1.52. The molecule has 1 heterocycles. The van der Waals surface area contributed by atoms with E-state index < -0.39 is 0 Å². The molecule has 0 saturated carbocycles. The summed E-state index contributed by atoms with van der Waals surface area (Å²) in [7, 11) is 0. The van der Waals surface area contributed by atoms with Crippen LogP contribution in [0.4, 0.5) is 11.4 Å². The number of aliphatic hydroxyl groups excluding tert-OH is 2. The summed E-state index contributed by atoms with van der Waals surface area (Å²) < 4.78 is 5.58. The third kappa shape index (κ3) is 3.47. The number of nitrogens with zero attached hydrogens (tertiary/aromatic N) is 1. The molecule has 2 aromatic rings. The average molecular weight is 304 g/mol. The van der Waals surface area contributed by atoms with Crippen molar-refractivity contribution in [3.05, 3.63) is 36.1 Å². The van der Waals surface area contributed by atoms with Gasteiger partial charge in [0, 0.05) is 37.0 Å². The highest BCUT2D eigenvalue weighted by molar-refractivity contribution is 5.92. The minimum absolute atomic E-state index is 0.0410. The van der Waals surface area contributed by atoms with Gasteiger partial charge in [0.05, 0.1) is 13.2 Å². The molecule has 1 aromatic heterocycles. The van der Waals surface area contributed by atoms with Gasteiger partial charge in [-0.15, -0.1) is 0 Å². The van der Waals surface area contributed by atoms with Crippen molar-refractivity contribution in [2.75, 3.05) is 36.9 Å². The van der Waals surface area contributed by atoms with Crippen molar-refractivity contribution in [2.45, 2.75) is 6.92 Å². The number of carbonyl (C=O) groups excluding carboxylic acids is 1. The Bertz CT molecular complexity index is 645. The first-order valence-electron chi connectivity index (χ1n) is 7.04. The quantitative estimate of drug-likeness (QED) is 0.530. The maximum Gasteiger partial charge on any atom is 0.194 e. The van der Waals surface area contributed by atoms with Crippen molar-refractivity contribution < 1.29 is 19.4 Å². The monoisotopic (exact) mass is 304 g/mol. The van der Waals surface area contributed by atoms with Crippen molar-refractivity contribution in [1.29, 1.82) is 0 Å². The Morgan fingerprint density at radius 2 is 1.86 bits per heavy atom. The van der Waals surface area contributed by atoms with Crippen LogP contribution < -0.4 is 10.6 Å². The van der Waals surface area contributed by atoms with Crippen LogP contribution in [0.15, 0.2) is 34.7 Å². The minimum Gasteiger partial charge on any atom is -0.453 e. The topological polar surface area (TPSA) is 99.9 Å². The summed E-state index contributed by atoms with van der Waals surface area (Å²) in [5.74, 6) is 0.645. The molecule has 6 nitrogen and oxygen atoms in total. The van der Waals surface area contributed by atoms with Crippen molar-refractivity contribution in [3.63, 3.8) is 0 Å². The van der Waals surface area contributed by atoms with Gasteiger partial charge in [-0.1, -0.05) is 0 Å². The van der Waals surface area contributed by atoms with Gasteiger partial charge < -0.3 is 25.3 Å². The number of nitrogen functional groups attached to an aromatic ring is 1. The van der Waals surface area contributed by atoms with Crippen molar-refractivity contribution in [2.24, 2.45) is 0 Å². The number of nitrogens with two attached hydrogens (primary N) is 1. The Hall–Kier alpha value is -2.31. The highest BCUT2D eigenvalue weighted by Gasteiger charge is 2.16. The van der Waals surface area contributed by atoms with Gasteiger partial charge in [0.25, 0.3) is 0 Å². The second kappa shape index (κ2) is 7.11. The van der Waals surface area contributed by atoms with Gasteiger partial charge in [-0.3, -0.25) is 4.79 Å². The normalized spacial score (nSPS) is 10.7. The number of furan rings is 1. The highest BCUT2D eigenvalue weighted by Crippen LogP contribution is 2.34. The van der Waals surface area contributed by atoms with Gasteiger partial charge >= 0.3 is 0 Å². The van der Waals surface area contributed by atoms with Gasteiger partial charge in [-0.05, 0) is 30.3 Å². The lowest BCUT2D eigenvalue weighted by atomic mass is 10.1. The van der Waals surface area contributed by atoms with Crippen LogP contribution in [-0.2, 0) is 0 Å². The summed E-state index contributed by atoms with van der Waals surface area (Å²) in [5, 5.41) is 18.4. The summed E-state index contributed by atoms with van der Waals surface area (Å²) in [6, 6.07) is 8.64. The van der Waals surface area contributed by atoms with Gasteiger partial charge in [-0.25, -0.2) is 0 Å². The molecule has 6 heteroatoms. The Labute approximate surface area is 128 Å². The fourth-order valence-electron chi connectivity index (χ4n) is 2.29. The number of ketones is 1. The van der Waals surface area contributed by atoms with E-state index in [0.717, 1.165) is 11.3 Å². The molecule has 0 bridgehead atoms. The maximum atomic E-state index is 11.4. The predicted molar refractivity (Wildman–Crippen MR) is 84.9 cm³/mol. The van der Waals surface area contributed by atoms with Crippen LogP contribution in [0.2, 0.25) is 0 Å². The summed E-state index contributed by atoms with van der Waals surface area (Å²) >= 11 is 0. The van der Waals surface area contributed by atoms with E-state index in [1.807, 2.05) is 11.0 Å². The van der Waals surface area contributed by atoms with Gasteiger partial charge in [0.1, 0.15) is 5.76 Å². The maximum absolute atomic E-state index is 11.4. The highest BCUT2D eigenvalue weighted by atomic mass is 16.3. The van der Waals surface area contributed by atoms with Crippen LogP contribution in [0.25, 0.3) is 11.3 Å².